The Hall–Kier alpha value is -5.02. The van der Waals surface area contributed by atoms with Crippen molar-refractivity contribution in [1.82, 2.24) is 0 Å². The molecule has 336 valence electrons. The summed E-state index contributed by atoms with van der Waals surface area (Å²) in [4.78, 5) is 10.0. The first kappa shape index (κ1) is 49.4. The molecule has 0 radical (unpaired) electrons. The third-order valence-corrected chi connectivity index (χ3v) is 12.5. The fourth-order valence-electron chi connectivity index (χ4n) is 5.88. The van der Waals surface area contributed by atoms with Gasteiger partial charge in [-0.15, -0.1) is 11.3 Å². The number of aliphatic imine (C=N–C) groups is 2. The molecule has 1 aromatic heterocycles. The number of thiophene rings is 1. The van der Waals surface area contributed by atoms with Crippen LogP contribution in [-0.2, 0) is 13.1 Å². The minimum atomic E-state index is -0.117. The van der Waals surface area contributed by atoms with Gasteiger partial charge < -0.3 is 40.7 Å². The van der Waals surface area contributed by atoms with Crippen molar-refractivity contribution in [3.8, 4) is 34.5 Å². The number of rotatable bonds is 13. The topological polar surface area (TPSA) is 140 Å². The molecule has 8 rings (SSSR count). The van der Waals surface area contributed by atoms with Crippen LogP contribution in [0.3, 0.4) is 0 Å². The van der Waals surface area contributed by atoms with E-state index in [2.05, 4.69) is 41.9 Å². The molecule has 0 amide bonds. The highest BCUT2D eigenvalue weighted by molar-refractivity contribution is 9.11. The Bertz CT molecular complexity index is 2730. The molecule has 6 aromatic carbocycles. The van der Waals surface area contributed by atoms with E-state index in [1.165, 1.54) is 4.88 Å². The summed E-state index contributed by atoms with van der Waals surface area (Å²) < 4.78 is 12.1. The fourth-order valence-corrected chi connectivity index (χ4v) is 8.76. The van der Waals surface area contributed by atoms with Crippen molar-refractivity contribution in [1.29, 1.82) is 0 Å². The van der Waals surface area contributed by atoms with Gasteiger partial charge in [0.25, 0.3) is 0 Å². The van der Waals surface area contributed by atoms with Crippen LogP contribution in [0.25, 0.3) is 0 Å². The zero-order valence-corrected chi connectivity index (χ0v) is 41.0. The Morgan fingerprint density at radius 1 is 0.554 bits per heavy atom. The maximum absolute atomic E-state index is 9.61. The van der Waals surface area contributed by atoms with Crippen LogP contribution in [0.5, 0.6) is 34.5 Å². The minimum Gasteiger partial charge on any atom is -0.505 e. The lowest BCUT2D eigenvalue weighted by Gasteiger charge is -2.11. The molecule has 18 heteroatoms. The van der Waals surface area contributed by atoms with E-state index in [4.69, 9.17) is 79.1 Å². The molecule has 10 nitrogen and oxygen atoms in total. The number of hydrogen-bond donors (Lipinski definition) is 6. The highest BCUT2D eigenvalue weighted by atomic mass is 79.9. The summed E-state index contributed by atoms with van der Waals surface area (Å²) in [7, 11) is 1.63. The van der Waals surface area contributed by atoms with Gasteiger partial charge in [0.15, 0.2) is 17.2 Å². The lowest BCUT2D eigenvalue weighted by Crippen LogP contribution is -2.22. The first-order valence-corrected chi connectivity index (χ1v) is 23.2. The van der Waals surface area contributed by atoms with Crippen molar-refractivity contribution in [3.05, 3.63) is 177 Å². The fraction of sp³-hybridized carbons (Fsp3) is 0.106. The second kappa shape index (κ2) is 24.0. The SMILES string of the molecule is COc1ccc(Oc2cccc(CNc3cc(Cl)c(O)c(Cl)c3)c2)cc1.Oc1c(Cl)cc(NCC2=NCN=C2c2ccccc2)cc1Cl.Oc1c(Cl)cc(NCc2ccc(Br)s2)cc1Cl. The van der Waals surface area contributed by atoms with E-state index in [-0.39, 0.29) is 47.4 Å². The Labute approximate surface area is 418 Å². The Balaban J connectivity index is 0.000000165. The molecular weight excluding hydrogens is 1040 g/mol. The molecule has 0 spiro atoms. The zero-order valence-electron chi connectivity index (χ0n) is 34.1. The van der Waals surface area contributed by atoms with Crippen molar-refractivity contribution in [3.63, 3.8) is 0 Å². The van der Waals surface area contributed by atoms with Gasteiger partial charge in [-0.3, -0.25) is 9.98 Å². The average Bonchev–Trinajstić information content (AvgIpc) is 3.96. The maximum atomic E-state index is 9.61. The molecule has 0 bridgehead atoms. The summed E-state index contributed by atoms with van der Waals surface area (Å²) in [6, 6.07) is 38.9. The van der Waals surface area contributed by atoms with Crippen LogP contribution in [-0.4, -0.2) is 47.1 Å². The van der Waals surface area contributed by atoms with E-state index in [9.17, 15) is 15.3 Å². The van der Waals surface area contributed by atoms with Gasteiger partial charge in [-0.2, -0.15) is 0 Å². The van der Waals surface area contributed by atoms with Crippen molar-refractivity contribution in [2.24, 2.45) is 9.98 Å². The highest BCUT2D eigenvalue weighted by Crippen LogP contribution is 2.37. The van der Waals surface area contributed by atoms with Crippen molar-refractivity contribution in [2.75, 3.05) is 36.3 Å². The number of ether oxygens (including phenoxy) is 2. The molecule has 0 saturated heterocycles. The molecule has 0 fully saturated rings. The van der Waals surface area contributed by atoms with Crippen LogP contribution in [0.2, 0.25) is 30.1 Å². The van der Waals surface area contributed by atoms with Crippen LogP contribution in [0, 0.1) is 0 Å². The number of benzene rings is 6. The first-order chi connectivity index (χ1) is 31.3. The second-order valence-corrected chi connectivity index (χ2v) is 18.7. The number of phenols is 3. The van der Waals surface area contributed by atoms with Crippen molar-refractivity contribution >= 4 is 125 Å². The largest absolute Gasteiger partial charge is 0.505 e. The Morgan fingerprint density at radius 2 is 1.06 bits per heavy atom. The average molecular weight is 1080 g/mol. The van der Waals surface area contributed by atoms with Gasteiger partial charge in [0.05, 0.1) is 59.0 Å². The van der Waals surface area contributed by atoms with E-state index in [1.807, 2.05) is 91.0 Å². The summed E-state index contributed by atoms with van der Waals surface area (Å²) in [5.41, 5.74) is 6.06. The number of nitrogens with zero attached hydrogens (tertiary/aromatic N) is 2. The predicted octanol–water partition coefficient (Wildman–Crippen LogP) is 15.3. The van der Waals surface area contributed by atoms with Crippen LogP contribution in [0.4, 0.5) is 17.1 Å². The molecule has 2 heterocycles. The van der Waals surface area contributed by atoms with Gasteiger partial charge in [0.2, 0.25) is 0 Å². The van der Waals surface area contributed by atoms with Crippen LogP contribution in [0.1, 0.15) is 16.0 Å². The van der Waals surface area contributed by atoms with Crippen molar-refractivity contribution < 1.29 is 24.8 Å². The summed E-state index contributed by atoms with van der Waals surface area (Å²) in [5.74, 6) is 1.93. The van der Waals surface area contributed by atoms with E-state index in [0.717, 1.165) is 60.6 Å². The lowest BCUT2D eigenvalue weighted by atomic mass is 10.1. The van der Waals surface area contributed by atoms with E-state index < -0.39 is 0 Å². The standard InChI is InChI=1S/C20H17Cl2NO3.C16H13Cl2N3O.C11H8BrCl2NOS/c1-25-15-5-7-16(8-6-15)26-17-4-2-3-13(9-17)12-23-14-10-18(21)20(24)19(22)11-14;17-12-6-11(7-13(18)16(12)22)19-8-14-15(21-9-20-14)10-4-2-1-3-5-10;12-10-2-1-7(17-10)5-15-6-3-8(13)11(16)9(14)4-6/h2-11,23-24H,12H2,1H3;1-7,19,22H,8-9H2;1-4,15-16H,5H2. The third kappa shape index (κ3) is 14.5. The molecule has 0 unspecified atom stereocenters. The van der Waals surface area contributed by atoms with E-state index in [0.29, 0.717) is 26.3 Å². The third-order valence-electron chi connectivity index (χ3n) is 9.11. The van der Waals surface area contributed by atoms with E-state index in [1.54, 1.807) is 54.8 Å². The predicted molar refractivity (Wildman–Crippen MR) is 274 cm³/mol. The highest BCUT2D eigenvalue weighted by Gasteiger charge is 2.16. The van der Waals surface area contributed by atoms with Gasteiger partial charge in [0.1, 0.15) is 23.9 Å². The zero-order chi connectivity index (χ0) is 46.5. The normalized spacial score (nSPS) is 11.6. The molecule has 1 aliphatic heterocycles. The first-order valence-electron chi connectivity index (χ1n) is 19.3. The van der Waals surface area contributed by atoms with Gasteiger partial charge in [-0.05, 0) is 106 Å². The van der Waals surface area contributed by atoms with Gasteiger partial charge in [-0.1, -0.05) is 112 Å². The molecule has 0 saturated carbocycles. The van der Waals surface area contributed by atoms with Gasteiger partial charge >= 0.3 is 0 Å². The lowest BCUT2D eigenvalue weighted by molar-refractivity contribution is 0.413. The molecule has 6 N–H and O–H groups in total. The molecule has 0 aliphatic carbocycles. The van der Waals surface area contributed by atoms with Crippen LogP contribution >= 0.6 is 96.9 Å². The molecular formula is C47H38BrCl6N5O5S. The smallest absolute Gasteiger partial charge is 0.152 e. The molecule has 0 atom stereocenters. The summed E-state index contributed by atoms with van der Waals surface area (Å²) in [5, 5.41) is 39.5. The summed E-state index contributed by atoms with van der Waals surface area (Å²) in [6.45, 7) is 2.19. The van der Waals surface area contributed by atoms with E-state index >= 15 is 0 Å². The molecule has 7 aromatic rings. The summed E-state index contributed by atoms with van der Waals surface area (Å²) in [6.07, 6.45) is 0. The number of halogens is 7. The Kier molecular flexibility index (Phi) is 18.2. The molecule has 65 heavy (non-hydrogen) atoms. The minimum absolute atomic E-state index is 0.0854. The number of hydrogen-bond acceptors (Lipinski definition) is 11. The van der Waals surface area contributed by atoms with Gasteiger partial charge in [0, 0.05) is 40.6 Å². The monoisotopic (exact) mass is 1070 g/mol. The maximum Gasteiger partial charge on any atom is 0.152 e. The summed E-state index contributed by atoms with van der Waals surface area (Å²) >= 11 is 40.4. The second-order valence-electron chi connectivity index (χ2n) is 13.7. The number of phenolic OH excluding ortho intramolecular Hbond substituents is 3. The number of anilines is 3. The van der Waals surface area contributed by atoms with Gasteiger partial charge in [-0.25, -0.2) is 0 Å². The number of aromatic hydroxyl groups is 3. The number of methoxy groups -OCH3 is 1. The van der Waals surface area contributed by atoms with Crippen LogP contribution < -0.4 is 25.4 Å². The quantitative estimate of drug-likeness (QED) is 0.0628. The van der Waals surface area contributed by atoms with Crippen LogP contribution in [0.15, 0.2) is 141 Å². The Morgan fingerprint density at radius 3 is 1.57 bits per heavy atom. The van der Waals surface area contributed by atoms with Crippen molar-refractivity contribution in [2.45, 2.75) is 13.1 Å². The molecule has 1 aliphatic rings. The number of nitrogens with one attached hydrogen (secondary N) is 3.